The Balaban J connectivity index is 1.58. The highest BCUT2D eigenvalue weighted by Crippen LogP contribution is 2.16. The van der Waals surface area contributed by atoms with Crippen molar-refractivity contribution in [1.29, 1.82) is 0 Å². The number of halogens is 1. The van der Waals surface area contributed by atoms with E-state index in [9.17, 15) is 9.59 Å². The molecule has 3 rings (SSSR count). The molecule has 0 bridgehead atoms. The second-order valence-corrected chi connectivity index (χ2v) is 6.15. The highest BCUT2D eigenvalue weighted by molar-refractivity contribution is 6.30. The van der Waals surface area contributed by atoms with E-state index in [0.717, 1.165) is 5.56 Å². The molecule has 2 N–H and O–H groups in total. The standard InChI is InChI=1S/C21H17ClN2O2/c22-18-7-4-8-19(13-18)24-21(26)17-11-9-15(10-12-17)14-23-20(25)16-5-2-1-3-6-16/h1-13H,14H2,(H,23,25)(H,24,26). The molecule has 0 aliphatic heterocycles. The number of hydrogen-bond acceptors (Lipinski definition) is 2. The third-order valence-electron chi connectivity index (χ3n) is 3.79. The van der Waals surface area contributed by atoms with Crippen LogP contribution in [0.2, 0.25) is 5.02 Å². The number of rotatable bonds is 5. The minimum Gasteiger partial charge on any atom is -0.348 e. The topological polar surface area (TPSA) is 58.2 Å². The fraction of sp³-hybridized carbons (Fsp3) is 0.0476. The van der Waals surface area contributed by atoms with E-state index < -0.39 is 0 Å². The van der Waals surface area contributed by atoms with Crippen LogP contribution < -0.4 is 10.6 Å². The normalized spacial score (nSPS) is 10.2. The molecule has 0 fully saturated rings. The summed E-state index contributed by atoms with van der Waals surface area (Å²) >= 11 is 5.91. The van der Waals surface area contributed by atoms with Crippen molar-refractivity contribution in [2.45, 2.75) is 6.54 Å². The van der Waals surface area contributed by atoms with Crippen LogP contribution in [-0.4, -0.2) is 11.8 Å². The van der Waals surface area contributed by atoms with E-state index in [1.54, 1.807) is 48.5 Å². The Morgan fingerprint density at radius 3 is 2.15 bits per heavy atom. The number of carbonyl (C=O) groups excluding carboxylic acids is 2. The van der Waals surface area contributed by atoms with Gasteiger partial charge in [-0.25, -0.2) is 0 Å². The van der Waals surface area contributed by atoms with E-state index in [0.29, 0.717) is 28.4 Å². The van der Waals surface area contributed by atoms with Gasteiger partial charge in [0, 0.05) is 28.4 Å². The van der Waals surface area contributed by atoms with Gasteiger partial charge in [-0.15, -0.1) is 0 Å². The maximum atomic E-state index is 12.3. The predicted molar refractivity (Wildman–Crippen MR) is 103 cm³/mol. The Morgan fingerprint density at radius 2 is 1.46 bits per heavy atom. The fourth-order valence-electron chi connectivity index (χ4n) is 2.42. The Kier molecular flexibility index (Phi) is 5.66. The van der Waals surface area contributed by atoms with Gasteiger partial charge in [0.2, 0.25) is 0 Å². The number of carbonyl (C=O) groups is 2. The third-order valence-corrected chi connectivity index (χ3v) is 4.02. The molecule has 0 saturated carbocycles. The molecule has 26 heavy (non-hydrogen) atoms. The second kappa shape index (κ2) is 8.32. The molecule has 0 saturated heterocycles. The summed E-state index contributed by atoms with van der Waals surface area (Å²) in [7, 11) is 0. The first-order chi connectivity index (χ1) is 12.6. The molecule has 0 aliphatic carbocycles. The minimum atomic E-state index is -0.216. The van der Waals surface area contributed by atoms with Crippen LogP contribution in [-0.2, 0) is 6.54 Å². The molecule has 0 unspecified atom stereocenters. The van der Waals surface area contributed by atoms with Crippen LogP contribution in [0, 0.1) is 0 Å². The van der Waals surface area contributed by atoms with Crippen molar-refractivity contribution in [2.75, 3.05) is 5.32 Å². The summed E-state index contributed by atoms with van der Waals surface area (Å²) < 4.78 is 0. The number of anilines is 1. The molecule has 4 nitrogen and oxygen atoms in total. The molecule has 0 aliphatic rings. The Labute approximate surface area is 156 Å². The number of hydrogen-bond donors (Lipinski definition) is 2. The van der Waals surface area contributed by atoms with Gasteiger partial charge >= 0.3 is 0 Å². The van der Waals surface area contributed by atoms with Crippen molar-refractivity contribution >= 4 is 29.1 Å². The van der Waals surface area contributed by atoms with Crippen LogP contribution >= 0.6 is 11.6 Å². The molecule has 0 spiro atoms. The SMILES string of the molecule is O=C(NCc1ccc(C(=O)Nc2cccc(Cl)c2)cc1)c1ccccc1. The lowest BCUT2D eigenvalue weighted by molar-refractivity contribution is 0.0950. The summed E-state index contributed by atoms with van der Waals surface area (Å²) in [5.41, 5.74) is 2.70. The lowest BCUT2D eigenvalue weighted by atomic mass is 10.1. The third kappa shape index (κ3) is 4.71. The smallest absolute Gasteiger partial charge is 0.255 e. The van der Waals surface area contributed by atoms with Crippen LogP contribution in [0.1, 0.15) is 26.3 Å². The first kappa shape index (κ1) is 17.7. The summed E-state index contributed by atoms with van der Waals surface area (Å²) in [6.07, 6.45) is 0. The highest BCUT2D eigenvalue weighted by atomic mass is 35.5. The molecule has 0 atom stereocenters. The summed E-state index contributed by atoms with van der Waals surface area (Å²) in [5.74, 6) is -0.347. The van der Waals surface area contributed by atoms with Crippen LogP contribution in [0.25, 0.3) is 0 Å². The van der Waals surface area contributed by atoms with Crippen LogP contribution in [0.4, 0.5) is 5.69 Å². The fourth-order valence-corrected chi connectivity index (χ4v) is 2.61. The molecular weight excluding hydrogens is 348 g/mol. The van der Waals surface area contributed by atoms with Gasteiger partial charge in [-0.05, 0) is 48.0 Å². The van der Waals surface area contributed by atoms with Crippen molar-refractivity contribution in [3.05, 3.63) is 101 Å². The van der Waals surface area contributed by atoms with Crippen LogP contribution in [0.5, 0.6) is 0 Å². The average molecular weight is 365 g/mol. The highest BCUT2D eigenvalue weighted by Gasteiger charge is 2.07. The van der Waals surface area contributed by atoms with E-state index in [1.165, 1.54) is 0 Å². The number of nitrogens with one attached hydrogen (secondary N) is 2. The van der Waals surface area contributed by atoms with Crippen LogP contribution in [0.15, 0.2) is 78.9 Å². The van der Waals surface area contributed by atoms with Crippen LogP contribution in [0.3, 0.4) is 0 Å². The Bertz CT molecular complexity index is 909. The van der Waals surface area contributed by atoms with Crippen molar-refractivity contribution in [2.24, 2.45) is 0 Å². The monoisotopic (exact) mass is 364 g/mol. The van der Waals surface area contributed by atoms with Gasteiger partial charge in [-0.2, -0.15) is 0 Å². The van der Waals surface area contributed by atoms with Crippen molar-refractivity contribution in [3.8, 4) is 0 Å². The zero-order chi connectivity index (χ0) is 18.4. The van der Waals surface area contributed by atoms with E-state index in [2.05, 4.69) is 10.6 Å². The molecule has 5 heteroatoms. The number of benzene rings is 3. The van der Waals surface area contributed by atoms with Gasteiger partial charge in [-0.3, -0.25) is 9.59 Å². The summed E-state index contributed by atoms with van der Waals surface area (Å²) in [4.78, 5) is 24.3. The maximum absolute atomic E-state index is 12.3. The molecular formula is C21H17ClN2O2. The Morgan fingerprint density at radius 1 is 0.769 bits per heavy atom. The molecule has 0 radical (unpaired) electrons. The lowest BCUT2D eigenvalue weighted by Gasteiger charge is -2.08. The first-order valence-corrected chi connectivity index (χ1v) is 8.49. The summed E-state index contributed by atoms with van der Waals surface area (Å²) in [6, 6.07) is 23.1. The second-order valence-electron chi connectivity index (χ2n) is 5.71. The zero-order valence-electron chi connectivity index (χ0n) is 13.9. The maximum Gasteiger partial charge on any atom is 0.255 e. The number of amides is 2. The molecule has 3 aromatic rings. The van der Waals surface area contributed by atoms with Gasteiger partial charge in [0.1, 0.15) is 0 Å². The lowest BCUT2D eigenvalue weighted by Crippen LogP contribution is -2.22. The average Bonchev–Trinajstić information content (AvgIpc) is 2.67. The van der Waals surface area contributed by atoms with Gasteiger partial charge in [0.25, 0.3) is 11.8 Å². The van der Waals surface area contributed by atoms with Crippen molar-refractivity contribution < 1.29 is 9.59 Å². The zero-order valence-corrected chi connectivity index (χ0v) is 14.7. The van der Waals surface area contributed by atoms with E-state index in [1.807, 2.05) is 30.3 Å². The quantitative estimate of drug-likeness (QED) is 0.699. The minimum absolute atomic E-state index is 0.131. The van der Waals surface area contributed by atoms with E-state index >= 15 is 0 Å². The largest absolute Gasteiger partial charge is 0.348 e. The molecule has 0 heterocycles. The molecule has 2 amide bonds. The van der Waals surface area contributed by atoms with E-state index in [4.69, 9.17) is 11.6 Å². The molecule has 0 aromatic heterocycles. The van der Waals surface area contributed by atoms with Crippen molar-refractivity contribution in [3.63, 3.8) is 0 Å². The summed E-state index contributed by atoms with van der Waals surface area (Å²) in [5, 5.41) is 6.22. The van der Waals surface area contributed by atoms with Gasteiger partial charge in [0.15, 0.2) is 0 Å². The van der Waals surface area contributed by atoms with Gasteiger partial charge in [-0.1, -0.05) is 48.0 Å². The predicted octanol–water partition coefficient (Wildman–Crippen LogP) is 4.52. The first-order valence-electron chi connectivity index (χ1n) is 8.11. The van der Waals surface area contributed by atoms with Gasteiger partial charge in [0.05, 0.1) is 0 Å². The molecule has 3 aromatic carbocycles. The van der Waals surface area contributed by atoms with Gasteiger partial charge < -0.3 is 10.6 Å². The van der Waals surface area contributed by atoms with E-state index in [-0.39, 0.29) is 11.8 Å². The van der Waals surface area contributed by atoms with Crippen molar-refractivity contribution in [1.82, 2.24) is 5.32 Å². The Hall–Kier alpha value is -3.11. The summed E-state index contributed by atoms with van der Waals surface area (Å²) in [6.45, 7) is 0.393. The molecule has 130 valence electrons.